The number of ether oxygens (including phenoxy) is 1. The molecule has 0 saturated heterocycles. The van der Waals surface area contributed by atoms with Gasteiger partial charge in [0.1, 0.15) is 29.5 Å². The summed E-state index contributed by atoms with van der Waals surface area (Å²) < 4.78 is 5.40. The van der Waals surface area contributed by atoms with E-state index in [1.807, 2.05) is 0 Å². The van der Waals surface area contributed by atoms with E-state index < -0.39 is 24.0 Å². The van der Waals surface area contributed by atoms with Crippen molar-refractivity contribution in [3.8, 4) is 5.75 Å². The van der Waals surface area contributed by atoms with Gasteiger partial charge in [-0.1, -0.05) is 58.5 Å². The van der Waals surface area contributed by atoms with Crippen molar-refractivity contribution >= 4 is 58.2 Å². The number of amides is 2. The van der Waals surface area contributed by atoms with Crippen LogP contribution >= 0.6 is 46.4 Å². The molecule has 0 saturated carbocycles. The van der Waals surface area contributed by atoms with Crippen LogP contribution in [-0.4, -0.2) is 42.2 Å². The highest BCUT2D eigenvalue weighted by Crippen LogP contribution is 2.31. The van der Waals surface area contributed by atoms with Crippen LogP contribution in [0.25, 0.3) is 0 Å². The summed E-state index contributed by atoms with van der Waals surface area (Å²) in [5.41, 5.74) is 0.158. The van der Waals surface area contributed by atoms with Crippen molar-refractivity contribution in [1.82, 2.24) is 10.6 Å². The Morgan fingerprint density at radius 3 is 2.34 bits per heavy atom. The molecular formula is C19H18Cl4N2O4. The van der Waals surface area contributed by atoms with Crippen LogP contribution in [0.2, 0.25) is 20.1 Å². The first-order valence-corrected chi connectivity index (χ1v) is 9.99. The molecule has 29 heavy (non-hydrogen) atoms. The SMILES string of the molecule is CC(NC(=O)c1cccc(Cl)c1Cl)C(=O)NCC(O)COc1cccc(Cl)c1Cl. The molecule has 0 aromatic heterocycles. The first-order chi connectivity index (χ1) is 13.7. The van der Waals surface area contributed by atoms with Gasteiger partial charge >= 0.3 is 0 Å². The Morgan fingerprint density at radius 1 is 1.03 bits per heavy atom. The summed E-state index contributed by atoms with van der Waals surface area (Å²) in [6.07, 6.45) is -1.00. The van der Waals surface area contributed by atoms with Gasteiger partial charge in [-0.15, -0.1) is 0 Å². The highest BCUT2D eigenvalue weighted by Gasteiger charge is 2.20. The van der Waals surface area contributed by atoms with Gasteiger partial charge in [-0.05, 0) is 31.2 Å². The van der Waals surface area contributed by atoms with Gasteiger partial charge in [0.05, 0.1) is 20.6 Å². The Hall–Kier alpha value is -1.70. The normalized spacial score (nSPS) is 12.8. The van der Waals surface area contributed by atoms with E-state index in [0.717, 1.165) is 0 Å². The van der Waals surface area contributed by atoms with E-state index in [-0.39, 0.29) is 33.8 Å². The molecule has 0 spiro atoms. The fraction of sp³-hybridized carbons (Fsp3) is 0.263. The summed E-state index contributed by atoms with van der Waals surface area (Å²) in [5, 5.41) is 15.9. The zero-order valence-electron chi connectivity index (χ0n) is 15.2. The minimum absolute atomic E-state index is 0.0881. The van der Waals surface area contributed by atoms with E-state index in [9.17, 15) is 14.7 Å². The summed E-state index contributed by atoms with van der Waals surface area (Å²) >= 11 is 23.8. The number of nitrogens with one attached hydrogen (secondary N) is 2. The minimum atomic E-state index is -1.00. The van der Waals surface area contributed by atoms with Crippen molar-refractivity contribution in [2.45, 2.75) is 19.1 Å². The molecule has 0 fully saturated rings. The molecule has 10 heteroatoms. The molecular weight excluding hydrogens is 462 g/mol. The Balaban J connectivity index is 1.81. The van der Waals surface area contributed by atoms with Gasteiger partial charge < -0.3 is 20.5 Å². The van der Waals surface area contributed by atoms with Gasteiger partial charge in [0.2, 0.25) is 5.91 Å². The van der Waals surface area contributed by atoms with Crippen LogP contribution in [0.4, 0.5) is 0 Å². The average Bonchev–Trinajstić information content (AvgIpc) is 2.69. The fourth-order valence-electron chi connectivity index (χ4n) is 2.23. The second-order valence-corrected chi connectivity index (χ2v) is 7.63. The maximum absolute atomic E-state index is 12.3. The molecule has 0 aliphatic heterocycles. The number of aliphatic hydroxyl groups is 1. The monoisotopic (exact) mass is 478 g/mol. The lowest BCUT2D eigenvalue weighted by atomic mass is 10.2. The summed E-state index contributed by atoms with van der Waals surface area (Å²) in [6, 6.07) is 8.64. The maximum Gasteiger partial charge on any atom is 0.253 e. The van der Waals surface area contributed by atoms with E-state index in [2.05, 4.69) is 10.6 Å². The number of hydrogen-bond donors (Lipinski definition) is 3. The van der Waals surface area contributed by atoms with Crippen LogP contribution in [0.3, 0.4) is 0 Å². The van der Waals surface area contributed by atoms with Gasteiger partial charge in [-0.25, -0.2) is 0 Å². The number of hydrogen-bond acceptors (Lipinski definition) is 4. The topological polar surface area (TPSA) is 87.7 Å². The third-order valence-electron chi connectivity index (χ3n) is 3.80. The summed E-state index contributed by atoms with van der Waals surface area (Å²) in [6.45, 7) is 1.30. The van der Waals surface area contributed by atoms with Crippen LogP contribution < -0.4 is 15.4 Å². The van der Waals surface area contributed by atoms with Crippen LogP contribution in [0.5, 0.6) is 5.75 Å². The summed E-state index contributed by atoms with van der Waals surface area (Å²) in [7, 11) is 0. The van der Waals surface area contributed by atoms with Gasteiger partial charge in [0.15, 0.2) is 0 Å². The molecule has 2 atom stereocenters. The number of benzene rings is 2. The van der Waals surface area contributed by atoms with Crippen molar-refractivity contribution in [2.24, 2.45) is 0 Å². The fourth-order valence-corrected chi connectivity index (χ4v) is 2.96. The Kier molecular flexibility index (Phi) is 8.86. The average molecular weight is 480 g/mol. The lowest BCUT2D eigenvalue weighted by molar-refractivity contribution is -0.123. The minimum Gasteiger partial charge on any atom is -0.489 e. The zero-order chi connectivity index (χ0) is 21.6. The smallest absolute Gasteiger partial charge is 0.253 e. The maximum atomic E-state index is 12.3. The molecule has 0 aliphatic carbocycles. The highest BCUT2D eigenvalue weighted by atomic mass is 35.5. The van der Waals surface area contributed by atoms with Crippen molar-refractivity contribution in [1.29, 1.82) is 0 Å². The molecule has 0 heterocycles. The van der Waals surface area contributed by atoms with Crippen LogP contribution in [-0.2, 0) is 4.79 Å². The molecule has 6 nitrogen and oxygen atoms in total. The Morgan fingerprint density at radius 2 is 1.66 bits per heavy atom. The third-order valence-corrected chi connectivity index (χ3v) is 5.42. The van der Waals surface area contributed by atoms with E-state index in [0.29, 0.717) is 10.8 Å². The number of aliphatic hydroxyl groups excluding tert-OH is 1. The van der Waals surface area contributed by atoms with Crippen molar-refractivity contribution in [3.05, 3.63) is 62.1 Å². The molecule has 0 radical (unpaired) electrons. The summed E-state index contributed by atoms with van der Waals surface area (Å²) in [5.74, 6) is -0.709. The number of halogens is 4. The third kappa shape index (κ3) is 6.66. The van der Waals surface area contributed by atoms with Crippen LogP contribution in [0.1, 0.15) is 17.3 Å². The number of carbonyl (C=O) groups excluding carboxylic acids is 2. The zero-order valence-corrected chi connectivity index (χ0v) is 18.2. The van der Waals surface area contributed by atoms with E-state index in [1.165, 1.54) is 13.0 Å². The lowest BCUT2D eigenvalue weighted by Crippen LogP contribution is -2.47. The molecule has 156 valence electrons. The molecule has 2 aromatic carbocycles. The number of carbonyl (C=O) groups is 2. The van der Waals surface area contributed by atoms with E-state index in [1.54, 1.807) is 30.3 Å². The van der Waals surface area contributed by atoms with Gasteiger partial charge in [0, 0.05) is 6.54 Å². The van der Waals surface area contributed by atoms with Crippen LogP contribution in [0, 0.1) is 0 Å². The quantitative estimate of drug-likeness (QED) is 0.534. The predicted molar refractivity (Wildman–Crippen MR) is 114 cm³/mol. The molecule has 0 aliphatic rings. The second kappa shape index (κ2) is 10.9. The van der Waals surface area contributed by atoms with E-state index in [4.69, 9.17) is 51.1 Å². The molecule has 2 aromatic rings. The molecule has 0 bridgehead atoms. The standard InChI is InChI=1S/C19H18Cl4N2O4/c1-10(25-19(28)12-4-2-5-13(20)16(12)22)18(27)24-8-11(26)9-29-15-7-3-6-14(21)17(15)23/h2-7,10-11,26H,8-9H2,1H3,(H,24,27)(H,25,28). The highest BCUT2D eigenvalue weighted by molar-refractivity contribution is 6.44. The predicted octanol–water partition coefficient (Wildman–Crippen LogP) is 3.97. The largest absolute Gasteiger partial charge is 0.489 e. The number of rotatable bonds is 8. The first kappa shape index (κ1) is 23.6. The van der Waals surface area contributed by atoms with Crippen molar-refractivity contribution < 1.29 is 19.4 Å². The molecule has 2 amide bonds. The Bertz CT molecular complexity index is 895. The first-order valence-electron chi connectivity index (χ1n) is 8.48. The van der Waals surface area contributed by atoms with E-state index >= 15 is 0 Å². The van der Waals surface area contributed by atoms with Crippen molar-refractivity contribution in [2.75, 3.05) is 13.2 Å². The van der Waals surface area contributed by atoms with Crippen LogP contribution in [0.15, 0.2) is 36.4 Å². The molecule has 3 N–H and O–H groups in total. The molecule has 2 unspecified atom stereocenters. The van der Waals surface area contributed by atoms with Gasteiger partial charge in [0.25, 0.3) is 5.91 Å². The Labute approximate surface area is 188 Å². The van der Waals surface area contributed by atoms with Gasteiger partial charge in [-0.3, -0.25) is 9.59 Å². The van der Waals surface area contributed by atoms with Gasteiger partial charge in [-0.2, -0.15) is 0 Å². The summed E-state index contributed by atoms with van der Waals surface area (Å²) in [4.78, 5) is 24.4. The lowest BCUT2D eigenvalue weighted by Gasteiger charge is -2.17. The van der Waals surface area contributed by atoms with Crippen molar-refractivity contribution in [3.63, 3.8) is 0 Å². The molecule has 2 rings (SSSR count). The second-order valence-electron chi connectivity index (χ2n) is 6.06.